The van der Waals surface area contributed by atoms with Crippen LogP contribution >= 0.6 is 0 Å². The minimum Gasteiger partial charge on any atom is -0.371 e. The zero-order chi connectivity index (χ0) is 14.1. The van der Waals surface area contributed by atoms with Gasteiger partial charge in [0.05, 0.1) is 6.61 Å². The second-order valence-electron chi connectivity index (χ2n) is 6.03. The van der Waals surface area contributed by atoms with Crippen molar-refractivity contribution in [2.75, 3.05) is 32.8 Å². The third-order valence-electron chi connectivity index (χ3n) is 4.25. The molecule has 1 N–H and O–H groups in total. The van der Waals surface area contributed by atoms with Crippen LogP contribution in [-0.4, -0.2) is 55.5 Å². The molecule has 1 saturated heterocycles. The Hall–Kier alpha value is -0.330. The number of rotatable bonds is 5. The Morgan fingerprint density at radius 2 is 2.05 bits per heavy atom. The fraction of sp³-hybridized carbons (Fsp3) is 1.00. The second-order valence-corrected chi connectivity index (χ2v) is 6.03. The summed E-state index contributed by atoms with van der Waals surface area (Å²) < 4.78 is 40.8. The highest BCUT2D eigenvalue weighted by atomic mass is 19.4. The molecule has 1 heterocycles. The van der Waals surface area contributed by atoms with Gasteiger partial charge in [0.2, 0.25) is 0 Å². The van der Waals surface area contributed by atoms with Gasteiger partial charge in [0.15, 0.2) is 0 Å². The van der Waals surface area contributed by atoms with Crippen LogP contribution in [0, 0.1) is 5.92 Å². The van der Waals surface area contributed by atoms with Crippen LogP contribution in [0.4, 0.5) is 13.2 Å². The Bertz CT molecular complexity index is 307. The third-order valence-corrected chi connectivity index (χ3v) is 4.25. The molecule has 0 radical (unpaired) electrons. The maximum atomic E-state index is 12.0. The lowest BCUT2D eigenvalue weighted by Gasteiger charge is -2.48. The standard InChI is InChI=1S/C13H23F3N2O/c1-10-7-18(5-6-19-9-13(14,15)16)12(2,8-17-10)11-3-4-11/h10-11,17H,3-9H2,1-2H3. The first-order chi connectivity index (χ1) is 8.81. The summed E-state index contributed by atoms with van der Waals surface area (Å²) in [7, 11) is 0. The van der Waals surface area contributed by atoms with Gasteiger partial charge in [-0.3, -0.25) is 4.90 Å². The zero-order valence-electron chi connectivity index (χ0n) is 11.6. The summed E-state index contributed by atoms with van der Waals surface area (Å²) in [6.45, 7) is 5.70. The van der Waals surface area contributed by atoms with Gasteiger partial charge in [0.1, 0.15) is 6.61 Å². The van der Waals surface area contributed by atoms with E-state index in [-0.39, 0.29) is 12.1 Å². The van der Waals surface area contributed by atoms with Gasteiger partial charge in [-0.1, -0.05) is 0 Å². The van der Waals surface area contributed by atoms with Crippen LogP contribution in [0.15, 0.2) is 0 Å². The van der Waals surface area contributed by atoms with E-state index in [0.717, 1.165) is 13.1 Å². The topological polar surface area (TPSA) is 24.5 Å². The lowest BCUT2D eigenvalue weighted by molar-refractivity contribution is -0.175. The fourth-order valence-corrected chi connectivity index (χ4v) is 2.91. The second kappa shape index (κ2) is 5.58. The van der Waals surface area contributed by atoms with Crippen molar-refractivity contribution < 1.29 is 17.9 Å². The number of halogens is 3. The van der Waals surface area contributed by atoms with E-state index in [2.05, 4.69) is 24.1 Å². The molecule has 0 spiro atoms. The van der Waals surface area contributed by atoms with E-state index in [1.54, 1.807) is 0 Å². The molecule has 2 aliphatic rings. The molecule has 6 heteroatoms. The van der Waals surface area contributed by atoms with E-state index in [1.165, 1.54) is 12.8 Å². The minimum absolute atomic E-state index is 0.0775. The number of hydrogen-bond donors (Lipinski definition) is 1. The lowest BCUT2D eigenvalue weighted by atomic mass is 9.90. The summed E-state index contributed by atoms with van der Waals surface area (Å²) in [6.07, 6.45) is -1.77. The van der Waals surface area contributed by atoms with E-state index < -0.39 is 12.8 Å². The van der Waals surface area contributed by atoms with Crippen molar-refractivity contribution >= 4 is 0 Å². The average Bonchev–Trinajstić information content (AvgIpc) is 3.12. The normalized spacial score (nSPS) is 33.6. The van der Waals surface area contributed by atoms with Gasteiger partial charge in [-0.15, -0.1) is 0 Å². The summed E-state index contributed by atoms with van der Waals surface area (Å²) in [5.74, 6) is 0.676. The lowest BCUT2D eigenvalue weighted by Crippen LogP contribution is -2.64. The molecule has 2 atom stereocenters. The van der Waals surface area contributed by atoms with Gasteiger partial charge in [-0.2, -0.15) is 13.2 Å². The summed E-state index contributed by atoms with van der Waals surface area (Å²) in [4.78, 5) is 2.31. The summed E-state index contributed by atoms with van der Waals surface area (Å²) in [5, 5.41) is 3.48. The van der Waals surface area contributed by atoms with Crippen molar-refractivity contribution in [3.05, 3.63) is 0 Å². The van der Waals surface area contributed by atoms with Crippen molar-refractivity contribution in [3.8, 4) is 0 Å². The highest BCUT2D eigenvalue weighted by Crippen LogP contribution is 2.43. The van der Waals surface area contributed by atoms with Crippen LogP contribution in [0.1, 0.15) is 26.7 Å². The summed E-state index contributed by atoms with van der Waals surface area (Å²) >= 11 is 0. The number of hydrogen-bond acceptors (Lipinski definition) is 3. The smallest absolute Gasteiger partial charge is 0.371 e. The van der Waals surface area contributed by atoms with Crippen molar-refractivity contribution in [1.29, 1.82) is 0 Å². The molecule has 0 aromatic carbocycles. The maximum absolute atomic E-state index is 12.0. The third kappa shape index (κ3) is 4.07. The molecule has 0 aromatic rings. The molecule has 1 aliphatic carbocycles. The Morgan fingerprint density at radius 1 is 1.37 bits per heavy atom. The molecule has 19 heavy (non-hydrogen) atoms. The van der Waals surface area contributed by atoms with E-state index in [1.807, 2.05) is 0 Å². The quantitative estimate of drug-likeness (QED) is 0.780. The molecule has 0 aromatic heterocycles. The highest BCUT2D eigenvalue weighted by Gasteiger charge is 2.47. The van der Waals surface area contributed by atoms with Gasteiger partial charge >= 0.3 is 6.18 Å². The summed E-state index contributed by atoms with van der Waals surface area (Å²) in [5.41, 5.74) is 0.0775. The molecule has 0 amide bonds. The fourth-order valence-electron chi connectivity index (χ4n) is 2.91. The SMILES string of the molecule is CC1CN(CCOCC(F)(F)F)C(C)(C2CC2)CN1. The molecule has 2 unspecified atom stereocenters. The van der Waals surface area contributed by atoms with E-state index in [9.17, 15) is 13.2 Å². The molecular formula is C13H23F3N2O. The molecule has 2 rings (SSSR count). The van der Waals surface area contributed by atoms with Crippen LogP contribution in [0.25, 0.3) is 0 Å². The maximum Gasteiger partial charge on any atom is 0.411 e. The first-order valence-electron chi connectivity index (χ1n) is 6.94. The van der Waals surface area contributed by atoms with Crippen molar-refractivity contribution in [1.82, 2.24) is 10.2 Å². The predicted octanol–water partition coefficient (Wildman–Crippen LogP) is 2.03. The molecule has 112 valence electrons. The molecule has 0 bridgehead atoms. The van der Waals surface area contributed by atoms with Crippen molar-refractivity contribution in [2.45, 2.75) is 44.4 Å². The molecule has 1 aliphatic heterocycles. The largest absolute Gasteiger partial charge is 0.411 e. The average molecular weight is 280 g/mol. The van der Waals surface area contributed by atoms with Crippen LogP contribution in [0.2, 0.25) is 0 Å². The van der Waals surface area contributed by atoms with Gasteiger partial charge in [0, 0.05) is 31.2 Å². The predicted molar refractivity (Wildman–Crippen MR) is 67.0 cm³/mol. The minimum atomic E-state index is -4.23. The van der Waals surface area contributed by atoms with Gasteiger partial charge in [-0.05, 0) is 32.6 Å². The van der Waals surface area contributed by atoms with E-state index in [4.69, 9.17) is 4.74 Å². The van der Waals surface area contributed by atoms with Gasteiger partial charge < -0.3 is 10.1 Å². The van der Waals surface area contributed by atoms with Crippen LogP contribution in [0.5, 0.6) is 0 Å². The van der Waals surface area contributed by atoms with Gasteiger partial charge in [-0.25, -0.2) is 0 Å². The number of nitrogens with one attached hydrogen (secondary N) is 1. The molecule has 1 saturated carbocycles. The molecule has 2 fully saturated rings. The first kappa shape index (κ1) is 15.1. The number of ether oxygens (including phenoxy) is 1. The number of nitrogens with zero attached hydrogens (tertiary/aromatic N) is 1. The van der Waals surface area contributed by atoms with E-state index in [0.29, 0.717) is 18.5 Å². The van der Waals surface area contributed by atoms with Crippen molar-refractivity contribution in [2.24, 2.45) is 5.92 Å². The Balaban J connectivity index is 1.81. The first-order valence-corrected chi connectivity index (χ1v) is 6.94. The number of piperazine rings is 1. The molecular weight excluding hydrogens is 257 g/mol. The molecule has 3 nitrogen and oxygen atoms in total. The Labute approximate surface area is 112 Å². The van der Waals surface area contributed by atoms with Crippen LogP contribution < -0.4 is 5.32 Å². The number of alkyl halides is 3. The monoisotopic (exact) mass is 280 g/mol. The van der Waals surface area contributed by atoms with Crippen LogP contribution in [-0.2, 0) is 4.74 Å². The Kier molecular flexibility index (Phi) is 4.42. The zero-order valence-corrected chi connectivity index (χ0v) is 11.6. The van der Waals surface area contributed by atoms with Gasteiger partial charge in [0.25, 0.3) is 0 Å². The van der Waals surface area contributed by atoms with Crippen molar-refractivity contribution in [3.63, 3.8) is 0 Å². The Morgan fingerprint density at radius 3 is 2.63 bits per heavy atom. The summed E-state index contributed by atoms with van der Waals surface area (Å²) in [6, 6.07) is 0.384. The highest BCUT2D eigenvalue weighted by molar-refractivity contribution is 5.04. The van der Waals surface area contributed by atoms with Crippen LogP contribution in [0.3, 0.4) is 0 Å². The van der Waals surface area contributed by atoms with E-state index >= 15 is 0 Å².